The van der Waals surface area contributed by atoms with Gasteiger partial charge in [-0.3, -0.25) is 9.59 Å². The van der Waals surface area contributed by atoms with Crippen LogP contribution in [0.4, 0.5) is 19.0 Å². The van der Waals surface area contributed by atoms with Crippen LogP contribution < -0.4 is 5.01 Å². The molecule has 0 fully saturated rings. The van der Waals surface area contributed by atoms with Gasteiger partial charge in [0.25, 0.3) is 5.91 Å². The third-order valence-corrected chi connectivity index (χ3v) is 2.48. The maximum absolute atomic E-state index is 12.4. The lowest BCUT2D eigenvalue weighted by atomic mass is 10.2. The van der Waals surface area contributed by atoms with Crippen LogP contribution in [0.1, 0.15) is 18.4 Å². The maximum Gasteiger partial charge on any atom is 0.417 e. The summed E-state index contributed by atoms with van der Waals surface area (Å²) in [4.78, 5) is 25.6. The quantitative estimate of drug-likeness (QED) is 0.916. The van der Waals surface area contributed by atoms with Crippen LogP contribution in [0, 0.1) is 0 Å². The Morgan fingerprint density at radius 2 is 2.10 bits per heavy atom. The lowest BCUT2D eigenvalue weighted by molar-refractivity contribution is -0.138. The number of hydrazone groups is 1. The van der Waals surface area contributed by atoms with E-state index >= 15 is 0 Å². The van der Waals surface area contributed by atoms with Crippen LogP contribution in [-0.2, 0) is 15.8 Å². The Balaban J connectivity index is 2.21. The second kappa shape index (κ2) is 4.91. The predicted octanol–water partition coefficient (Wildman–Crippen LogP) is 1.67. The third-order valence-electron chi connectivity index (χ3n) is 2.48. The van der Waals surface area contributed by atoms with Crippen molar-refractivity contribution >= 4 is 23.4 Å². The summed E-state index contributed by atoms with van der Waals surface area (Å²) in [6.45, 7) is 0. The van der Waals surface area contributed by atoms with E-state index in [-0.39, 0.29) is 18.0 Å². The molecule has 0 atom stereocenters. The molecule has 6 nitrogen and oxygen atoms in total. The Kier molecular flexibility index (Phi) is 3.43. The van der Waals surface area contributed by atoms with E-state index in [1.165, 1.54) is 0 Å². The average molecular weight is 287 g/mol. The molecular formula is C11H8F3N3O3. The smallest absolute Gasteiger partial charge is 0.417 e. The number of aromatic nitrogens is 1. The number of alkyl halides is 3. The van der Waals surface area contributed by atoms with Crippen LogP contribution in [0.15, 0.2) is 23.4 Å². The Morgan fingerprint density at radius 1 is 1.40 bits per heavy atom. The molecule has 0 aromatic carbocycles. The van der Waals surface area contributed by atoms with E-state index in [0.717, 1.165) is 17.1 Å². The minimum absolute atomic E-state index is 0.0802. The summed E-state index contributed by atoms with van der Waals surface area (Å²) in [5.74, 6) is -1.75. The van der Waals surface area contributed by atoms with Gasteiger partial charge in [0.1, 0.15) is 0 Å². The minimum Gasteiger partial charge on any atom is -0.481 e. The summed E-state index contributed by atoms with van der Waals surface area (Å²) in [6.07, 6.45) is -4.51. The largest absolute Gasteiger partial charge is 0.481 e. The molecule has 1 N–H and O–H groups in total. The van der Waals surface area contributed by atoms with Crippen LogP contribution in [-0.4, -0.2) is 27.7 Å². The normalized spacial score (nSPS) is 15.4. The third kappa shape index (κ3) is 2.92. The molecule has 1 aromatic rings. The number of aliphatic carboxylic acids is 1. The van der Waals surface area contributed by atoms with E-state index in [2.05, 4.69) is 10.1 Å². The van der Waals surface area contributed by atoms with Gasteiger partial charge in [-0.1, -0.05) is 0 Å². The van der Waals surface area contributed by atoms with E-state index in [0.29, 0.717) is 6.20 Å². The molecule has 0 spiro atoms. The maximum atomic E-state index is 12.4. The number of nitrogens with zero attached hydrogens (tertiary/aromatic N) is 3. The number of carbonyl (C=O) groups excluding carboxylic acids is 1. The second-order valence-corrected chi connectivity index (χ2v) is 4.02. The molecule has 0 aliphatic carbocycles. The minimum atomic E-state index is -4.52. The summed E-state index contributed by atoms with van der Waals surface area (Å²) < 4.78 is 37.1. The van der Waals surface area contributed by atoms with Crippen molar-refractivity contribution in [1.29, 1.82) is 0 Å². The molecule has 0 saturated carbocycles. The van der Waals surface area contributed by atoms with E-state index in [1.807, 2.05) is 0 Å². The highest BCUT2D eigenvalue weighted by Crippen LogP contribution is 2.30. The van der Waals surface area contributed by atoms with Gasteiger partial charge >= 0.3 is 12.1 Å². The van der Waals surface area contributed by atoms with Crippen molar-refractivity contribution < 1.29 is 27.9 Å². The van der Waals surface area contributed by atoms with Crippen molar-refractivity contribution in [3.8, 4) is 0 Å². The number of amides is 1. The molecule has 1 aliphatic heterocycles. The molecule has 2 heterocycles. The lowest BCUT2D eigenvalue weighted by Gasteiger charge is -2.11. The first-order chi connectivity index (χ1) is 9.27. The molecule has 0 saturated heterocycles. The molecule has 20 heavy (non-hydrogen) atoms. The number of pyridine rings is 1. The van der Waals surface area contributed by atoms with E-state index in [9.17, 15) is 22.8 Å². The number of carbonyl (C=O) groups is 2. The number of rotatable bonds is 3. The van der Waals surface area contributed by atoms with Gasteiger partial charge in [0.15, 0.2) is 5.82 Å². The van der Waals surface area contributed by atoms with Crippen LogP contribution in [0.2, 0.25) is 0 Å². The molecule has 0 unspecified atom stereocenters. The summed E-state index contributed by atoms with van der Waals surface area (Å²) in [7, 11) is 0. The van der Waals surface area contributed by atoms with Gasteiger partial charge in [0, 0.05) is 6.20 Å². The number of anilines is 1. The number of halogens is 3. The number of hydrogen-bond donors (Lipinski definition) is 1. The van der Waals surface area contributed by atoms with Gasteiger partial charge < -0.3 is 5.11 Å². The van der Waals surface area contributed by atoms with Crippen LogP contribution in [0.3, 0.4) is 0 Å². The second-order valence-electron chi connectivity index (χ2n) is 4.02. The molecule has 0 bridgehead atoms. The average Bonchev–Trinajstić information content (AvgIpc) is 2.68. The molecule has 2 rings (SSSR count). The Bertz CT molecular complexity index is 581. The number of carboxylic acids is 1. The molecule has 106 valence electrons. The SMILES string of the molecule is O=C(O)CC1=NN(c2ccc(C(F)(F)F)cn2)C(=O)C1. The molecular weight excluding hydrogens is 279 g/mol. The number of carboxylic acid groups (broad SMARTS) is 1. The van der Waals surface area contributed by atoms with Crippen molar-refractivity contribution in [2.24, 2.45) is 5.10 Å². The first kappa shape index (κ1) is 14.0. The summed E-state index contributed by atoms with van der Waals surface area (Å²) in [5.41, 5.74) is -0.813. The van der Waals surface area contributed by atoms with Gasteiger partial charge in [-0.05, 0) is 12.1 Å². The van der Waals surface area contributed by atoms with Crippen molar-refractivity contribution in [3.63, 3.8) is 0 Å². The summed E-state index contributed by atoms with van der Waals surface area (Å²) in [6, 6.07) is 1.79. The van der Waals surface area contributed by atoms with Crippen LogP contribution >= 0.6 is 0 Å². The monoisotopic (exact) mass is 287 g/mol. The summed E-state index contributed by atoms with van der Waals surface area (Å²) >= 11 is 0. The Labute approximate surface area is 110 Å². The highest BCUT2D eigenvalue weighted by atomic mass is 19.4. The van der Waals surface area contributed by atoms with E-state index in [4.69, 9.17) is 5.11 Å². The molecule has 1 aliphatic rings. The van der Waals surface area contributed by atoms with Crippen molar-refractivity contribution in [2.45, 2.75) is 19.0 Å². The van der Waals surface area contributed by atoms with Crippen LogP contribution in [0.25, 0.3) is 0 Å². The topological polar surface area (TPSA) is 82.9 Å². The molecule has 0 radical (unpaired) electrons. The highest BCUT2D eigenvalue weighted by molar-refractivity contribution is 6.16. The van der Waals surface area contributed by atoms with Gasteiger partial charge in [0.2, 0.25) is 0 Å². The molecule has 1 amide bonds. The van der Waals surface area contributed by atoms with Crippen LogP contribution in [0.5, 0.6) is 0 Å². The fraction of sp³-hybridized carbons (Fsp3) is 0.273. The standard InChI is InChI=1S/C11H8F3N3O3/c12-11(13,14)6-1-2-8(15-5-6)17-9(18)3-7(16-17)4-10(19)20/h1-2,5H,3-4H2,(H,19,20). The number of hydrogen-bond acceptors (Lipinski definition) is 4. The zero-order valence-corrected chi connectivity index (χ0v) is 9.89. The van der Waals surface area contributed by atoms with Crippen molar-refractivity contribution in [2.75, 3.05) is 5.01 Å². The fourth-order valence-corrected chi connectivity index (χ4v) is 1.61. The van der Waals surface area contributed by atoms with Gasteiger partial charge in [-0.15, -0.1) is 0 Å². The fourth-order valence-electron chi connectivity index (χ4n) is 1.61. The molecule has 9 heteroatoms. The first-order valence-electron chi connectivity index (χ1n) is 5.42. The summed E-state index contributed by atoms with van der Waals surface area (Å²) in [5, 5.41) is 13.1. The zero-order chi connectivity index (χ0) is 14.9. The van der Waals surface area contributed by atoms with Gasteiger partial charge in [-0.25, -0.2) is 4.98 Å². The lowest BCUT2D eigenvalue weighted by Crippen LogP contribution is -2.21. The first-order valence-corrected chi connectivity index (χ1v) is 5.42. The van der Waals surface area contributed by atoms with Gasteiger partial charge in [0.05, 0.1) is 24.1 Å². The molecule has 1 aromatic heterocycles. The Morgan fingerprint density at radius 3 is 2.60 bits per heavy atom. The zero-order valence-electron chi connectivity index (χ0n) is 9.89. The highest BCUT2D eigenvalue weighted by Gasteiger charge is 2.32. The van der Waals surface area contributed by atoms with Gasteiger partial charge in [-0.2, -0.15) is 23.3 Å². The van der Waals surface area contributed by atoms with E-state index < -0.39 is 30.0 Å². The Hall–Kier alpha value is -2.45. The van der Waals surface area contributed by atoms with E-state index in [1.54, 1.807) is 0 Å². The van der Waals surface area contributed by atoms with Crippen molar-refractivity contribution in [3.05, 3.63) is 23.9 Å². The van der Waals surface area contributed by atoms with Crippen molar-refractivity contribution in [1.82, 2.24) is 4.98 Å². The predicted molar refractivity (Wildman–Crippen MR) is 61.0 cm³/mol.